The molecule has 2 N–H and O–H groups in total. The largest absolute Gasteiger partial charge is 0.365 e. The highest BCUT2D eigenvalue weighted by molar-refractivity contribution is 7.89. The minimum atomic E-state index is -3.67. The fourth-order valence-electron chi connectivity index (χ4n) is 4.42. The first-order valence-corrected chi connectivity index (χ1v) is 12.0. The number of nitrogens with zero attached hydrogens (tertiary/aromatic N) is 3. The lowest BCUT2D eigenvalue weighted by molar-refractivity contribution is -0.141. The number of carbonyl (C=O) groups excluding carboxylic acids is 2. The van der Waals surface area contributed by atoms with Gasteiger partial charge in [0.1, 0.15) is 10.6 Å². The molecule has 0 unspecified atom stereocenters. The van der Waals surface area contributed by atoms with Crippen LogP contribution in [0.4, 0.5) is 5.69 Å². The second-order valence-electron chi connectivity index (χ2n) is 8.19. The van der Waals surface area contributed by atoms with Gasteiger partial charge in [-0.05, 0) is 25.1 Å². The number of benzene rings is 1. The first-order chi connectivity index (χ1) is 14.3. The van der Waals surface area contributed by atoms with Crippen LogP contribution in [0.25, 0.3) is 0 Å². The van der Waals surface area contributed by atoms with Crippen molar-refractivity contribution in [3.8, 4) is 0 Å². The molecule has 1 aromatic carbocycles. The van der Waals surface area contributed by atoms with Crippen LogP contribution >= 0.6 is 0 Å². The Morgan fingerprint density at radius 2 is 1.83 bits per heavy atom. The minimum absolute atomic E-state index is 0.0439. The average Bonchev–Trinajstić information content (AvgIpc) is 2.87. The number of hydrogen-bond donors (Lipinski definition) is 2. The van der Waals surface area contributed by atoms with Crippen LogP contribution in [0.5, 0.6) is 0 Å². The number of para-hydroxylation sites is 1. The molecule has 0 aromatic heterocycles. The van der Waals surface area contributed by atoms with Gasteiger partial charge >= 0.3 is 0 Å². The maximum Gasteiger partial charge on any atom is 0.244 e. The van der Waals surface area contributed by atoms with Crippen molar-refractivity contribution >= 4 is 27.5 Å². The van der Waals surface area contributed by atoms with Gasteiger partial charge in [-0.25, -0.2) is 8.42 Å². The summed E-state index contributed by atoms with van der Waals surface area (Å²) in [6, 6.07) is 6.76. The molecule has 10 heteroatoms. The standard InChI is InChI=1S/C20H29N5O4S/c1-2-23-11-13-24(14-12-23)19(27)15-25-10-9-20(8-7-18(25)26)21-16-5-3-4-6-17(16)30(28,29)22-20/h3-6,21-22H,2,7-15H2,1H3/t20-/m1/s1. The smallest absolute Gasteiger partial charge is 0.244 e. The predicted octanol–water partition coefficient (Wildman–Crippen LogP) is 0.263. The second-order valence-corrected chi connectivity index (χ2v) is 9.84. The molecule has 0 saturated carbocycles. The van der Waals surface area contributed by atoms with Gasteiger partial charge in [0.05, 0.1) is 12.2 Å². The van der Waals surface area contributed by atoms with Crippen molar-refractivity contribution in [3.63, 3.8) is 0 Å². The average molecular weight is 436 g/mol. The third-order valence-corrected chi connectivity index (χ3v) is 7.90. The first-order valence-electron chi connectivity index (χ1n) is 10.5. The van der Waals surface area contributed by atoms with Crippen molar-refractivity contribution in [1.29, 1.82) is 0 Å². The van der Waals surface area contributed by atoms with E-state index in [0.29, 0.717) is 38.2 Å². The van der Waals surface area contributed by atoms with Crippen LogP contribution in [0.1, 0.15) is 26.2 Å². The number of piperazine rings is 1. The topological polar surface area (TPSA) is 102 Å². The number of rotatable bonds is 3. The zero-order valence-corrected chi connectivity index (χ0v) is 18.1. The monoisotopic (exact) mass is 435 g/mol. The van der Waals surface area contributed by atoms with Crippen LogP contribution in [0, 0.1) is 0 Å². The Kier molecular flexibility index (Phi) is 5.73. The van der Waals surface area contributed by atoms with Gasteiger partial charge in [-0.1, -0.05) is 19.1 Å². The van der Waals surface area contributed by atoms with E-state index < -0.39 is 15.7 Å². The number of hydrogen-bond acceptors (Lipinski definition) is 6. The van der Waals surface area contributed by atoms with Gasteiger partial charge < -0.3 is 20.0 Å². The van der Waals surface area contributed by atoms with Crippen molar-refractivity contribution < 1.29 is 18.0 Å². The molecule has 2 amide bonds. The normalized spacial score (nSPS) is 26.8. The summed E-state index contributed by atoms with van der Waals surface area (Å²) >= 11 is 0. The molecule has 164 valence electrons. The van der Waals surface area contributed by atoms with Gasteiger partial charge in [0, 0.05) is 45.6 Å². The van der Waals surface area contributed by atoms with Gasteiger partial charge in [-0.15, -0.1) is 0 Å². The van der Waals surface area contributed by atoms with Gasteiger partial charge in [0.2, 0.25) is 21.8 Å². The van der Waals surface area contributed by atoms with E-state index in [0.717, 1.165) is 19.6 Å². The summed E-state index contributed by atoms with van der Waals surface area (Å²) in [4.78, 5) is 31.3. The molecule has 3 aliphatic rings. The van der Waals surface area contributed by atoms with Crippen molar-refractivity contribution in [3.05, 3.63) is 24.3 Å². The number of likely N-dealkylation sites (tertiary alicyclic amines) is 1. The van der Waals surface area contributed by atoms with Gasteiger partial charge in [-0.3, -0.25) is 9.59 Å². The number of anilines is 1. The lowest BCUT2D eigenvalue weighted by Crippen LogP contribution is -2.57. The van der Waals surface area contributed by atoms with Crippen LogP contribution in [-0.2, 0) is 19.6 Å². The number of fused-ring (bicyclic) bond motifs is 1. The van der Waals surface area contributed by atoms with E-state index in [-0.39, 0.29) is 29.7 Å². The summed E-state index contributed by atoms with van der Waals surface area (Å²) < 4.78 is 28.2. The molecule has 1 aromatic rings. The van der Waals surface area contributed by atoms with Crippen molar-refractivity contribution in [2.75, 3.05) is 51.1 Å². The molecule has 4 rings (SSSR count). The van der Waals surface area contributed by atoms with E-state index >= 15 is 0 Å². The summed E-state index contributed by atoms with van der Waals surface area (Å²) in [6.07, 6.45) is 0.900. The Balaban J connectivity index is 1.43. The molecule has 2 fully saturated rings. The molecule has 1 spiro atoms. The highest BCUT2D eigenvalue weighted by atomic mass is 32.2. The second kappa shape index (κ2) is 8.16. The molecule has 9 nitrogen and oxygen atoms in total. The summed E-state index contributed by atoms with van der Waals surface area (Å²) in [5.41, 5.74) is -0.380. The third kappa shape index (κ3) is 4.17. The van der Waals surface area contributed by atoms with E-state index in [1.165, 1.54) is 0 Å². The van der Waals surface area contributed by atoms with Crippen LogP contribution in [0.2, 0.25) is 0 Å². The Bertz CT molecular complexity index is 929. The van der Waals surface area contributed by atoms with E-state index in [4.69, 9.17) is 0 Å². The van der Waals surface area contributed by atoms with Crippen molar-refractivity contribution in [2.24, 2.45) is 0 Å². The number of likely N-dealkylation sites (N-methyl/N-ethyl adjacent to an activating group) is 1. The highest BCUT2D eigenvalue weighted by Gasteiger charge is 2.43. The third-order valence-electron chi connectivity index (χ3n) is 6.31. The predicted molar refractivity (Wildman–Crippen MR) is 112 cm³/mol. The SMILES string of the molecule is CCN1CCN(C(=O)CN2CC[C@]3(CCC2=O)Nc2ccccc2S(=O)(=O)N3)CC1. The van der Waals surface area contributed by atoms with Crippen LogP contribution in [0.15, 0.2) is 29.2 Å². The Labute approximate surface area is 177 Å². The lowest BCUT2D eigenvalue weighted by atomic mass is 10.0. The fourth-order valence-corrected chi connectivity index (χ4v) is 5.97. The number of amides is 2. The summed E-state index contributed by atoms with van der Waals surface area (Å²) in [5, 5.41) is 3.31. The molecule has 0 aliphatic carbocycles. The molecule has 1 atom stereocenters. The lowest BCUT2D eigenvalue weighted by Gasteiger charge is -2.39. The van der Waals surface area contributed by atoms with E-state index in [1.807, 2.05) is 4.90 Å². The van der Waals surface area contributed by atoms with E-state index in [2.05, 4.69) is 21.9 Å². The summed E-state index contributed by atoms with van der Waals surface area (Å²) in [6.45, 7) is 6.50. The van der Waals surface area contributed by atoms with Gasteiger partial charge in [-0.2, -0.15) is 4.72 Å². The molecular formula is C20H29N5O4S. The molecule has 30 heavy (non-hydrogen) atoms. The van der Waals surface area contributed by atoms with Crippen molar-refractivity contribution in [1.82, 2.24) is 19.4 Å². The summed E-state index contributed by atoms with van der Waals surface area (Å²) in [5.74, 6) is -0.162. The molecule has 2 saturated heterocycles. The molecular weight excluding hydrogens is 406 g/mol. The first kappa shape index (κ1) is 21.1. The zero-order chi connectivity index (χ0) is 21.4. The fraction of sp³-hybridized carbons (Fsp3) is 0.600. The maximum absolute atomic E-state index is 12.7. The molecule has 0 radical (unpaired) electrons. The number of nitrogens with one attached hydrogen (secondary N) is 2. The summed E-state index contributed by atoms with van der Waals surface area (Å²) in [7, 11) is -3.67. The Morgan fingerprint density at radius 1 is 1.10 bits per heavy atom. The van der Waals surface area contributed by atoms with E-state index in [1.54, 1.807) is 29.2 Å². The number of sulfonamides is 1. The minimum Gasteiger partial charge on any atom is -0.365 e. The quantitative estimate of drug-likeness (QED) is 0.706. The number of carbonyl (C=O) groups is 2. The highest BCUT2D eigenvalue weighted by Crippen LogP contribution is 2.34. The van der Waals surface area contributed by atoms with Crippen LogP contribution in [-0.4, -0.2) is 86.4 Å². The Morgan fingerprint density at radius 3 is 2.57 bits per heavy atom. The molecule has 3 aliphatic heterocycles. The Hall–Kier alpha value is -2.17. The van der Waals surface area contributed by atoms with Crippen LogP contribution in [0.3, 0.4) is 0 Å². The molecule has 3 heterocycles. The molecule has 0 bridgehead atoms. The van der Waals surface area contributed by atoms with E-state index in [9.17, 15) is 18.0 Å². The van der Waals surface area contributed by atoms with Gasteiger partial charge in [0.25, 0.3) is 0 Å². The van der Waals surface area contributed by atoms with Crippen molar-refractivity contribution in [2.45, 2.75) is 36.7 Å². The van der Waals surface area contributed by atoms with Crippen LogP contribution < -0.4 is 10.0 Å². The van der Waals surface area contributed by atoms with Gasteiger partial charge in [0.15, 0.2) is 0 Å². The maximum atomic E-state index is 12.7. The zero-order valence-electron chi connectivity index (χ0n) is 17.3.